The first-order chi connectivity index (χ1) is 9.36. The van der Waals surface area contributed by atoms with Gasteiger partial charge in [-0.15, -0.1) is 0 Å². The second-order valence-electron chi connectivity index (χ2n) is 6.60. The van der Waals surface area contributed by atoms with Gasteiger partial charge in [0.25, 0.3) is 0 Å². The summed E-state index contributed by atoms with van der Waals surface area (Å²) in [5, 5.41) is 0. The number of aryl methyl sites for hydroxylation is 1. The van der Waals surface area contributed by atoms with Crippen molar-refractivity contribution in [3.8, 4) is 0 Å². The zero-order valence-corrected chi connectivity index (χ0v) is 13.2. The van der Waals surface area contributed by atoms with Crippen molar-refractivity contribution in [2.24, 2.45) is 11.1 Å². The van der Waals surface area contributed by atoms with Crippen LogP contribution in [0.1, 0.15) is 57.2 Å². The molecule has 1 heterocycles. The molecular formula is C17H27FN2. The Labute approximate surface area is 122 Å². The number of hydrogen-bond acceptors (Lipinski definition) is 2. The van der Waals surface area contributed by atoms with Gasteiger partial charge in [-0.3, -0.25) is 0 Å². The van der Waals surface area contributed by atoms with Crippen LogP contribution in [0.3, 0.4) is 0 Å². The molecule has 2 N–H and O–H groups in total. The Kier molecular flexibility index (Phi) is 4.38. The highest BCUT2D eigenvalue weighted by molar-refractivity contribution is 5.57. The van der Waals surface area contributed by atoms with Gasteiger partial charge in [-0.1, -0.05) is 20.3 Å². The van der Waals surface area contributed by atoms with Gasteiger partial charge in [0, 0.05) is 24.8 Å². The Bertz CT molecular complexity index is 474. The second-order valence-corrected chi connectivity index (χ2v) is 6.60. The summed E-state index contributed by atoms with van der Waals surface area (Å²) in [4.78, 5) is 2.38. The topological polar surface area (TPSA) is 29.3 Å². The Morgan fingerprint density at radius 3 is 2.45 bits per heavy atom. The van der Waals surface area contributed by atoms with Crippen LogP contribution < -0.4 is 10.6 Å². The molecule has 0 radical (unpaired) electrons. The zero-order chi connectivity index (χ0) is 14.9. The quantitative estimate of drug-likeness (QED) is 0.899. The maximum Gasteiger partial charge on any atom is 0.126 e. The lowest BCUT2D eigenvalue weighted by Gasteiger charge is -2.41. The molecule has 0 amide bonds. The van der Waals surface area contributed by atoms with Crippen molar-refractivity contribution in [1.82, 2.24) is 0 Å². The van der Waals surface area contributed by atoms with Crippen molar-refractivity contribution in [1.29, 1.82) is 0 Å². The van der Waals surface area contributed by atoms with Gasteiger partial charge in [-0.05, 0) is 55.4 Å². The maximum absolute atomic E-state index is 13.8. The van der Waals surface area contributed by atoms with Crippen LogP contribution >= 0.6 is 0 Å². The van der Waals surface area contributed by atoms with E-state index in [1.807, 2.05) is 19.9 Å². The van der Waals surface area contributed by atoms with Crippen molar-refractivity contribution in [2.75, 3.05) is 18.0 Å². The molecule has 0 bridgehead atoms. The van der Waals surface area contributed by atoms with E-state index in [0.29, 0.717) is 11.0 Å². The van der Waals surface area contributed by atoms with Gasteiger partial charge < -0.3 is 10.6 Å². The molecule has 1 aliphatic heterocycles. The van der Waals surface area contributed by atoms with Crippen LogP contribution in [0, 0.1) is 18.2 Å². The lowest BCUT2D eigenvalue weighted by molar-refractivity contribution is 0.238. The number of rotatable bonds is 3. The Balaban J connectivity index is 2.27. The highest BCUT2D eigenvalue weighted by Crippen LogP contribution is 2.37. The molecular weight excluding hydrogens is 251 g/mol. The van der Waals surface area contributed by atoms with Crippen molar-refractivity contribution in [2.45, 2.75) is 53.0 Å². The number of nitrogens with zero attached hydrogens (tertiary/aromatic N) is 1. The van der Waals surface area contributed by atoms with Crippen LogP contribution in [0.2, 0.25) is 0 Å². The van der Waals surface area contributed by atoms with Gasteiger partial charge in [0.2, 0.25) is 0 Å². The standard InChI is InChI=1S/C17H27FN2/c1-5-17(4)6-8-20(9-7-17)16-10-12(2)15(18)11-14(16)13(3)19/h10-11,13H,5-9,19H2,1-4H3/t13-/m0/s1. The Hall–Kier alpha value is -1.09. The van der Waals surface area contributed by atoms with Gasteiger partial charge in [-0.25, -0.2) is 4.39 Å². The summed E-state index contributed by atoms with van der Waals surface area (Å²) in [5.74, 6) is -0.156. The summed E-state index contributed by atoms with van der Waals surface area (Å²) >= 11 is 0. The summed E-state index contributed by atoms with van der Waals surface area (Å²) in [6, 6.07) is 3.44. The van der Waals surface area contributed by atoms with E-state index in [0.717, 1.165) is 24.3 Å². The molecule has 112 valence electrons. The van der Waals surface area contributed by atoms with Gasteiger partial charge in [-0.2, -0.15) is 0 Å². The fourth-order valence-corrected chi connectivity index (χ4v) is 2.96. The number of halogens is 1. The predicted octanol–water partition coefficient (Wildman–Crippen LogP) is 4.17. The largest absolute Gasteiger partial charge is 0.371 e. The predicted molar refractivity (Wildman–Crippen MR) is 83.6 cm³/mol. The maximum atomic E-state index is 13.8. The summed E-state index contributed by atoms with van der Waals surface area (Å²) in [7, 11) is 0. The Morgan fingerprint density at radius 2 is 1.95 bits per heavy atom. The minimum atomic E-state index is -0.156. The highest BCUT2D eigenvalue weighted by atomic mass is 19.1. The van der Waals surface area contributed by atoms with Crippen molar-refractivity contribution in [3.63, 3.8) is 0 Å². The summed E-state index contributed by atoms with van der Waals surface area (Å²) in [6.45, 7) is 10.5. The molecule has 20 heavy (non-hydrogen) atoms. The molecule has 0 aromatic heterocycles. The van der Waals surface area contributed by atoms with Crippen LogP contribution in [0.4, 0.5) is 10.1 Å². The van der Waals surface area contributed by atoms with E-state index < -0.39 is 0 Å². The van der Waals surface area contributed by atoms with E-state index in [9.17, 15) is 4.39 Å². The monoisotopic (exact) mass is 278 g/mol. The first kappa shape index (κ1) is 15.3. The van der Waals surface area contributed by atoms with E-state index in [2.05, 4.69) is 18.7 Å². The molecule has 1 saturated heterocycles. The van der Waals surface area contributed by atoms with Crippen LogP contribution in [0.15, 0.2) is 12.1 Å². The molecule has 1 atom stereocenters. The third-order valence-electron chi connectivity index (χ3n) is 4.96. The Morgan fingerprint density at radius 1 is 1.35 bits per heavy atom. The number of piperidine rings is 1. The molecule has 1 fully saturated rings. The number of anilines is 1. The molecule has 1 aliphatic rings. The molecule has 0 spiro atoms. The molecule has 1 aromatic carbocycles. The SMILES string of the molecule is CCC1(C)CCN(c2cc(C)c(F)cc2[C@H](C)N)CC1. The fraction of sp³-hybridized carbons (Fsp3) is 0.647. The van der Waals surface area contributed by atoms with Gasteiger partial charge in [0.1, 0.15) is 5.82 Å². The smallest absolute Gasteiger partial charge is 0.126 e. The molecule has 2 rings (SSSR count). The number of benzene rings is 1. The molecule has 2 nitrogen and oxygen atoms in total. The first-order valence-electron chi connectivity index (χ1n) is 7.67. The van der Waals surface area contributed by atoms with E-state index >= 15 is 0 Å². The number of hydrogen-bond donors (Lipinski definition) is 1. The highest BCUT2D eigenvalue weighted by Gasteiger charge is 2.29. The summed E-state index contributed by atoms with van der Waals surface area (Å²) < 4.78 is 13.8. The van der Waals surface area contributed by atoms with Crippen LogP contribution in [-0.4, -0.2) is 13.1 Å². The summed E-state index contributed by atoms with van der Waals surface area (Å²) in [6.07, 6.45) is 3.61. The lowest BCUT2D eigenvalue weighted by atomic mass is 9.78. The van der Waals surface area contributed by atoms with Crippen molar-refractivity contribution < 1.29 is 4.39 Å². The minimum Gasteiger partial charge on any atom is -0.371 e. The van der Waals surface area contributed by atoms with Gasteiger partial charge in [0.15, 0.2) is 0 Å². The first-order valence-corrected chi connectivity index (χ1v) is 7.67. The second kappa shape index (κ2) is 5.72. The van der Waals surface area contributed by atoms with Gasteiger partial charge in [0.05, 0.1) is 0 Å². The fourth-order valence-electron chi connectivity index (χ4n) is 2.96. The third kappa shape index (κ3) is 2.98. The minimum absolute atomic E-state index is 0.139. The van der Waals surface area contributed by atoms with Crippen LogP contribution in [0.25, 0.3) is 0 Å². The van der Waals surface area contributed by atoms with E-state index in [4.69, 9.17) is 5.73 Å². The molecule has 1 aromatic rings. The number of nitrogens with two attached hydrogens (primary N) is 1. The van der Waals surface area contributed by atoms with E-state index in [1.54, 1.807) is 6.07 Å². The zero-order valence-electron chi connectivity index (χ0n) is 13.2. The summed E-state index contributed by atoms with van der Waals surface area (Å²) in [5.41, 5.74) is 9.23. The molecule has 0 unspecified atom stereocenters. The molecule has 0 aliphatic carbocycles. The van der Waals surface area contributed by atoms with Crippen molar-refractivity contribution in [3.05, 3.63) is 29.1 Å². The molecule has 0 saturated carbocycles. The van der Waals surface area contributed by atoms with Crippen molar-refractivity contribution >= 4 is 5.69 Å². The van der Waals surface area contributed by atoms with Gasteiger partial charge >= 0.3 is 0 Å². The average molecular weight is 278 g/mol. The average Bonchev–Trinajstić information content (AvgIpc) is 2.42. The van der Waals surface area contributed by atoms with Crippen LogP contribution in [-0.2, 0) is 0 Å². The van der Waals surface area contributed by atoms with E-state index in [1.165, 1.54) is 19.3 Å². The van der Waals surface area contributed by atoms with E-state index in [-0.39, 0.29) is 11.9 Å². The molecule has 3 heteroatoms. The lowest BCUT2D eigenvalue weighted by Crippen LogP contribution is -2.39. The third-order valence-corrected chi connectivity index (χ3v) is 4.96. The normalized spacial score (nSPS) is 20.0. The van der Waals surface area contributed by atoms with Crippen LogP contribution in [0.5, 0.6) is 0 Å².